The molecule has 0 N–H and O–H groups in total. The minimum atomic E-state index is -1.48. The molecule has 2 rings (SSSR count). The number of ether oxygens (including phenoxy) is 4. The molecule has 0 spiro atoms. The van der Waals surface area contributed by atoms with Gasteiger partial charge in [0.1, 0.15) is 0 Å². The molecule has 2 aromatic carbocycles. The molecule has 0 fully saturated rings. The van der Waals surface area contributed by atoms with Crippen molar-refractivity contribution in [3.8, 4) is 0 Å². The maximum absolute atomic E-state index is 13.6. The van der Waals surface area contributed by atoms with E-state index in [9.17, 15) is 19.2 Å². The van der Waals surface area contributed by atoms with Gasteiger partial charge >= 0.3 is 23.9 Å². The Hall–Kier alpha value is -3.68. The molecule has 0 radical (unpaired) electrons. The van der Waals surface area contributed by atoms with Gasteiger partial charge in [-0.15, -0.1) is 0 Å². The van der Waals surface area contributed by atoms with Crippen molar-refractivity contribution in [2.24, 2.45) is 11.8 Å². The Morgan fingerprint density at radius 3 is 0.857 bits per heavy atom. The summed E-state index contributed by atoms with van der Waals surface area (Å²) in [5.74, 6) is -7.77. The van der Waals surface area contributed by atoms with E-state index in [1.54, 1.807) is 27.7 Å². The topological polar surface area (TPSA) is 105 Å². The zero-order chi connectivity index (χ0) is 31.4. The molecule has 0 amide bonds. The molecule has 0 bridgehead atoms. The van der Waals surface area contributed by atoms with Crippen LogP contribution >= 0.6 is 0 Å². The summed E-state index contributed by atoms with van der Waals surface area (Å²) in [6.45, 7) is 14.9. The molecule has 42 heavy (non-hydrogen) atoms. The quantitative estimate of drug-likeness (QED) is 0.137. The van der Waals surface area contributed by atoms with Crippen molar-refractivity contribution < 1.29 is 38.1 Å². The Morgan fingerprint density at radius 1 is 0.452 bits per heavy atom. The second-order valence-electron chi connectivity index (χ2n) is 10.7. The SMILES string of the molecule is CCOC(=O)C(C(=O)OCC)[C@@H](c1ccc(C(C)C)cc1)[C@@H](c1ccc(C(C)C)cc1)C(C(=O)OCC)C(=O)OCC. The van der Waals surface area contributed by atoms with Gasteiger partial charge in [0.05, 0.1) is 26.4 Å². The van der Waals surface area contributed by atoms with Gasteiger partial charge in [-0.2, -0.15) is 0 Å². The maximum atomic E-state index is 13.6. The summed E-state index contributed by atoms with van der Waals surface area (Å²) in [6, 6.07) is 15.0. The zero-order valence-electron chi connectivity index (χ0n) is 26.2. The van der Waals surface area contributed by atoms with Crippen molar-refractivity contribution in [1.29, 1.82) is 0 Å². The van der Waals surface area contributed by atoms with Crippen LogP contribution in [0, 0.1) is 11.8 Å². The number of rotatable bonds is 15. The molecule has 8 nitrogen and oxygen atoms in total. The Balaban J connectivity index is 3.01. The Labute approximate surface area is 250 Å². The normalized spacial score (nSPS) is 12.8. The average molecular weight is 583 g/mol. The zero-order valence-corrected chi connectivity index (χ0v) is 26.2. The van der Waals surface area contributed by atoms with Crippen molar-refractivity contribution >= 4 is 23.9 Å². The highest BCUT2D eigenvalue weighted by atomic mass is 16.6. The van der Waals surface area contributed by atoms with Crippen LogP contribution in [0.25, 0.3) is 0 Å². The molecule has 0 aliphatic carbocycles. The summed E-state index contributed by atoms with van der Waals surface area (Å²) < 4.78 is 21.6. The van der Waals surface area contributed by atoms with Gasteiger partial charge in [0.15, 0.2) is 11.8 Å². The first kappa shape index (κ1) is 34.5. The van der Waals surface area contributed by atoms with E-state index in [1.165, 1.54) is 0 Å². The van der Waals surface area contributed by atoms with Crippen LogP contribution in [0.2, 0.25) is 0 Å². The van der Waals surface area contributed by atoms with Crippen LogP contribution < -0.4 is 0 Å². The molecule has 8 heteroatoms. The molecule has 0 heterocycles. The lowest BCUT2D eigenvalue weighted by atomic mass is 9.68. The third-order valence-electron chi connectivity index (χ3n) is 7.24. The molecule has 2 atom stereocenters. The number of hydrogen-bond acceptors (Lipinski definition) is 8. The van der Waals surface area contributed by atoms with Gasteiger partial charge in [-0.3, -0.25) is 19.2 Å². The monoisotopic (exact) mass is 582 g/mol. The third kappa shape index (κ3) is 8.66. The van der Waals surface area contributed by atoms with Crippen molar-refractivity contribution in [3.63, 3.8) is 0 Å². The molecule has 0 aliphatic rings. The number of esters is 4. The van der Waals surface area contributed by atoms with Gasteiger partial charge in [0, 0.05) is 11.8 Å². The minimum Gasteiger partial charge on any atom is -0.465 e. The first-order valence-electron chi connectivity index (χ1n) is 14.9. The molecule has 0 aromatic heterocycles. The Kier molecular flexibility index (Phi) is 13.7. The highest BCUT2D eigenvalue weighted by Crippen LogP contribution is 2.46. The van der Waals surface area contributed by atoms with E-state index in [2.05, 4.69) is 27.7 Å². The van der Waals surface area contributed by atoms with Crippen molar-refractivity contribution in [3.05, 3.63) is 70.8 Å². The molecular weight excluding hydrogens is 536 g/mol. The predicted octanol–water partition coefficient (Wildman–Crippen LogP) is 6.29. The fourth-order valence-electron chi connectivity index (χ4n) is 5.13. The lowest BCUT2D eigenvalue weighted by molar-refractivity contribution is -0.169. The van der Waals surface area contributed by atoms with Crippen molar-refractivity contribution in [2.75, 3.05) is 26.4 Å². The average Bonchev–Trinajstić information content (AvgIpc) is 2.95. The van der Waals surface area contributed by atoms with E-state index in [4.69, 9.17) is 18.9 Å². The van der Waals surface area contributed by atoms with Gasteiger partial charge < -0.3 is 18.9 Å². The summed E-state index contributed by atoms with van der Waals surface area (Å²) in [5, 5.41) is 0. The van der Waals surface area contributed by atoms with Crippen LogP contribution in [0.4, 0.5) is 0 Å². The summed E-state index contributed by atoms with van der Waals surface area (Å²) in [4.78, 5) is 54.3. The molecule has 0 saturated carbocycles. The van der Waals surface area contributed by atoms with E-state index in [0.29, 0.717) is 11.1 Å². The van der Waals surface area contributed by atoms with Gasteiger partial charge in [-0.25, -0.2) is 0 Å². The molecular formula is C34H46O8. The second kappa shape index (κ2) is 16.7. The van der Waals surface area contributed by atoms with E-state index >= 15 is 0 Å². The highest BCUT2D eigenvalue weighted by Gasteiger charge is 2.50. The van der Waals surface area contributed by atoms with Crippen LogP contribution in [-0.2, 0) is 38.1 Å². The van der Waals surface area contributed by atoms with Crippen LogP contribution in [0.1, 0.15) is 101 Å². The summed E-state index contributed by atoms with van der Waals surface area (Å²) in [6.07, 6.45) is 0. The molecule has 0 unspecified atom stereocenters. The number of benzene rings is 2. The van der Waals surface area contributed by atoms with E-state index in [-0.39, 0.29) is 38.3 Å². The number of carbonyl (C=O) groups excluding carboxylic acids is 4. The Morgan fingerprint density at radius 2 is 0.667 bits per heavy atom. The lowest BCUT2D eigenvalue weighted by Crippen LogP contribution is -2.42. The standard InChI is InChI=1S/C34H46O8/c1-9-39-31(35)29(32(36)40-10-2)27(25-17-13-23(14-18-25)21(5)6)28(26-19-15-24(16-20-26)22(7)8)30(33(37)41-11-3)34(38)42-12-4/h13-22,27-30H,9-12H2,1-8H3/t27-,28+. The first-order valence-corrected chi connectivity index (χ1v) is 14.9. The summed E-state index contributed by atoms with van der Waals surface area (Å²) >= 11 is 0. The minimum absolute atomic E-state index is 0.0285. The Bertz CT molecular complexity index is 1040. The van der Waals surface area contributed by atoms with Crippen molar-refractivity contribution in [2.45, 2.75) is 79.1 Å². The third-order valence-corrected chi connectivity index (χ3v) is 7.24. The summed E-state index contributed by atoms with van der Waals surface area (Å²) in [7, 11) is 0. The van der Waals surface area contributed by atoms with Crippen molar-refractivity contribution in [1.82, 2.24) is 0 Å². The fourth-order valence-corrected chi connectivity index (χ4v) is 5.13. The van der Waals surface area contributed by atoms with Gasteiger partial charge in [0.25, 0.3) is 0 Å². The van der Waals surface area contributed by atoms with Gasteiger partial charge in [-0.05, 0) is 61.8 Å². The van der Waals surface area contributed by atoms with Gasteiger partial charge in [0.2, 0.25) is 0 Å². The van der Waals surface area contributed by atoms with E-state index in [1.807, 2.05) is 48.5 Å². The first-order chi connectivity index (χ1) is 20.0. The van der Waals surface area contributed by atoms with Crippen LogP contribution in [0.5, 0.6) is 0 Å². The molecule has 0 saturated heterocycles. The number of hydrogen-bond donors (Lipinski definition) is 0. The molecule has 0 aliphatic heterocycles. The molecule has 230 valence electrons. The van der Waals surface area contributed by atoms with Crippen LogP contribution in [0.3, 0.4) is 0 Å². The highest BCUT2D eigenvalue weighted by molar-refractivity contribution is 5.99. The molecule has 2 aromatic rings. The largest absolute Gasteiger partial charge is 0.465 e. The van der Waals surface area contributed by atoms with E-state index < -0.39 is 47.5 Å². The fraction of sp³-hybridized carbons (Fsp3) is 0.529. The van der Waals surface area contributed by atoms with Crippen LogP contribution in [-0.4, -0.2) is 50.3 Å². The predicted molar refractivity (Wildman–Crippen MR) is 160 cm³/mol. The van der Waals surface area contributed by atoms with Crippen LogP contribution in [0.15, 0.2) is 48.5 Å². The maximum Gasteiger partial charge on any atom is 0.320 e. The lowest BCUT2D eigenvalue weighted by Gasteiger charge is -2.35. The number of carbonyl (C=O) groups is 4. The smallest absolute Gasteiger partial charge is 0.320 e. The summed E-state index contributed by atoms with van der Waals surface area (Å²) in [5.41, 5.74) is 3.24. The second-order valence-corrected chi connectivity index (χ2v) is 10.7. The van der Waals surface area contributed by atoms with Gasteiger partial charge in [-0.1, -0.05) is 76.2 Å². The van der Waals surface area contributed by atoms with E-state index in [0.717, 1.165) is 11.1 Å².